The third-order valence-electron chi connectivity index (χ3n) is 3.43. The van der Waals surface area contributed by atoms with Crippen molar-refractivity contribution in [2.75, 3.05) is 13.2 Å². The van der Waals surface area contributed by atoms with Gasteiger partial charge in [-0.25, -0.2) is 0 Å². The minimum atomic E-state index is 0.563. The molecule has 0 spiro atoms. The van der Waals surface area contributed by atoms with Gasteiger partial charge in [0.1, 0.15) is 0 Å². The fourth-order valence-electron chi connectivity index (χ4n) is 2.27. The van der Waals surface area contributed by atoms with Crippen molar-refractivity contribution in [3.63, 3.8) is 0 Å². The van der Waals surface area contributed by atoms with Crippen LogP contribution in [0.3, 0.4) is 0 Å². The highest BCUT2D eigenvalue weighted by Gasteiger charge is 2.14. The van der Waals surface area contributed by atoms with Crippen molar-refractivity contribution in [2.45, 2.75) is 71.4 Å². The van der Waals surface area contributed by atoms with E-state index in [-0.39, 0.29) is 0 Å². The molecule has 0 aliphatic heterocycles. The first-order valence-corrected chi connectivity index (χ1v) is 7.03. The van der Waals surface area contributed by atoms with E-state index in [0.29, 0.717) is 12.1 Å². The van der Waals surface area contributed by atoms with Crippen molar-refractivity contribution in [1.82, 2.24) is 5.32 Å². The van der Waals surface area contributed by atoms with Crippen molar-refractivity contribution in [2.24, 2.45) is 5.92 Å². The summed E-state index contributed by atoms with van der Waals surface area (Å²) < 4.78 is 5.82. The second kappa shape index (κ2) is 8.08. The van der Waals surface area contributed by atoms with E-state index in [1.165, 1.54) is 38.5 Å². The van der Waals surface area contributed by atoms with Crippen LogP contribution in [0.4, 0.5) is 0 Å². The van der Waals surface area contributed by atoms with Crippen molar-refractivity contribution in [3.8, 4) is 0 Å². The Labute approximate surface area is 101 Å². The van der Waals surface area contributed by atoms with Crippen LogP contribution in [0.5, 0.6) is 0 Å². The van der Waals surface area contributed by atoms with E-state index < -0.39 is 0 Å². The van der Waals surface area contributed by atoms with Gasteiger partial charge in [-0.3, -0.25) is 0 Å². The third kappa shape index (κ3) is 6.49. The molecule has 1 aliphatic carbocycles. The summed E-state index contributed by atoms with van der Waals surface area (Å²) in [6, 6.07) is 0.634. The zero-order chi connectivity index (χ0) is 11.8. The number of nitrogens with one attached hydrogen (secondary N) is 1. The minimum absolute atomic E-state index is 0.563. The molecule has 0 aromatic carbocycles. The summed E-state index contributed by atoms with van der Waals surface area (Å²) in [4.78, 5) is 0. The van der Waals surface area contributed by atoms with E-state index in [9.17, 15) is 0 Å². The van der Waals surface area contributed by atoms with E-state index in [4.69, 9.17) is 4.74 Å². The Morgan fingerprint density at radius 2 is 1.81 bits per heavy atom. The van der Waals surface area contributed by atoms with Crippen LogP contribution in [0.1, 0.15) is 59.3 Å². The Balaban J connectivity index is 1.89. The molecule has 2 heteroatoms. The summed E-state index contributed by atoms with van der Waals surface area (Å²) in [6.45, 7) is 8.75. The van der Waals surface area contributed by atoms with Gasteiger partial charge in [-0.2, -0.15) is 0 Å². The van der Waals surface area contributed by atoms with Gasteiger partial charge in [0.25, 0.3) is 0 Å². The summed E-state index contributed by atoms with van der Waals surface area (Å²) in [7, 11) is 0. The lowest BCUT2D eigenvalue weighted by atomic mass is 10.0. The van der Waals surface area contributed by atoms with Crippen LogP contribution in [0.15, 0.2) is 0 Å². The van der Waals surface area contributed by atoms with Crippen LogP contribution in [0.25, 0.3) is 0 Å². The molecule has 0 saturated heterocycles. The van der Waals surface area contributed by atoms with Crippen molar-refractivity contribution < 1.29 is 4.74 Å². The SMILES string of the molecule is CC(C)CCC(C)NCCOC1CCCC1. The summed E-state index contributed by atoms with van der Waals surface area (Å²) >= 11 is 0. The predicted octanol–water partition coefficient (Wildman–Crippen LogP) is 3.36. The lowest BCUT2D eigenvalue weighted by molar-refractivity contribution is 0.0592. The van der Waals surface area contributed by atoms with E-state index in [1.807, 2.05) is 0 Å². The standard InChI is InChI=1S/C14H29NO/c1-12(2)8-9-13(3)15-10-11-16-14-6-4-5-7-14/h12-15H,4-11H2,1-3H3. The molecule has 1 saturated carbocycles. The average molecular weight is 227 g/mol. The average Bonchev–Trinajstić information content (AvgIpc) is 2.74. The van der Waals surface area contributed by atoms with Gasteiger partial charge in [0.05, 0.1) is 12.7 Å². The maximum absolute atomic E-state index is 5.82. The Morgan fingerprint density at radius 1 is 1.12 bits per heavy atom. The lowest BCUT2D eigenvalue weighted by Crippen LogP contribution is -2.30. The van der Waals surface area contributed by atoms with Crippen molar-refractivity contribution in [3.05, 3.63) is 0 Å². The maximum atomic E-state index is 5.82. The molecule has 1 atom stereocenters. The zero-order valence-electron chi connectivity index (χ0n) is 11.3. The van der Waals surface area contributed by atoms with Gasteiger partial charge in [0, 0.05) is 12.6 Å². The normalized spacial score (nSPS) is 19.5. The molecule has 0 aromatic rings. The highest BCUT2D eigenvalue weighted by atomic mass is 16.5. The Morgan fingerprint density at radius 3 is 2.44 bits per heavy atom. The number of rotatable bonds is 8. The smallest absolute Gasteiger partial charge is 0.0594 e. The molecule has 0 radical (unpaired) electrons. The van der Waals surface area contributed by atoms with Gasteiger partial charge < -0.3 is 10.1 Å². The fraction of sp³-hybridized carbons (Fsp3) is 1.00. The number of ether oxygens (including phenoxy) is 1. The third-order valence-corrected chi connectivity index (χ3v) is 3.43. The quantitative estimate of drug-likeness (QED) is 0.642. The van der Waals surface area contributed by atoms with Crippen LogP contribution in [-0.2, 0) is 4.74 Å². The highest BCUT2D eigenvalue weighted by Crippen LogP contribution is 2.20. The highest BCUT2D eigenvalue weighted by molar-refractivity contribution is 4.67. The van der Waals surface area contributed by atoms with Gasteiger partial charge in [-0.15, -0.1) is 0 Å². The molecule has 0 heterocycles. The molecule has 1 aliphatic rings. The second-order valence-corrected chi connectivity index (χ2v) is 5.60. The van der Waals surface area contributed by atoms with Crippen LogP contribution < -0.4 is 5.32 Å². The van der Waals surface area contributed by atoms with Gasteiger partial charge >= 0.3 is 0 Å². The summed E-state index contributed by atoms with van der Waals surface area (Å²) in [5.74, 6) is 0.819. The fourth-order valence-corrected chi connectivity index (χ4v) is 2.27. The minimum Gasteiger partial charge on any atom is -0.377 e. The first kappa shape index (κ1) is 14.0. The molecule has 1 fully saturated rings. The zero-order valence-corrected chi connectivity index (χ0v) is 11.3. The Bertz CT molecular complexity index is 164. The van der Waals surface area contributed by atoms with E-state index >= 15 is 0 Å². The molecular weight excluding hydrogens is 198 g/mol. The molecule has 0 amide bonds. The second-order valence-electron chi connectivity index (χ2n) is 5.60. The largest absolute Gasteiger partial charge is 0.377 e. The molecule has 2 nitrogen and oxygen atoms in total. The van der Waals surface area contributed by atoms with E-state index in [2.05, 4.69) is 26.1 Å². The van der Waals surface area contributed by atoms with Crippen molar-refractivity contribution in [1.29, 1.82) is 0 Å². The Hall–Kier alpha value is -0.0800. The van der Waals surface area contributed by atoms with E-state index in [0.717, 1.165) is 19.1 Å². The molecular formula is C14H29NO. The first-order valence-electron chi connectivity index (χ1n) is 7.03. The molecule has 0 bridgehead atoms. The summed E-state index contributed by atoms with van der Waals surface area (Å²) in [5.41, 5.74) is 0. The van der Waals surface area contributed by atoms with Crippen LogP contribution in [-0.4, -0.2) is 25.3 Å². The van der Waals surface area contributed by atoms with Crippen molar-refractivity contribution >= 4 is 0 Å². The predicted molar refractivity (Wildman–Crippen MR) is 69.7 cm³/mol. The summed E-state index contributed by atoms with van der Waals surface area (Å²) in [5, 5.41) is 3.54. The molecule has 1 rings (SSSR count). The van der Waals surface area contributed by atoms with Gasteiger partial charge in [0.15, 0.2) is 0 Å². The number of hydrogen-bond acceptors (Lipinski definition) is 2. The van der Waals surface area contributed by atoms with Crippen LogP contribution >= 0.6 is 0 Å². The van der Waals surface area contributed by atoms with E-state index in [1.54, 1.807) is 0 Å². The van der Waals surface area contributed by atoms with Gasteiger partial charge in [-0.1, -0.05) is 26.7 Å². The topological polar surface area (TPSA) is 21.3 Å². The van der Waals surface area contributed by atoms with Crippen LogP contribution in [0.2, 0.25) is 0 Å². The molecule has 16 heavy (non-hydrogen) atoms. The number of hydrogen-bond donors (Lipinski definition) is 1. The first-order chi connectivity index (χ1) is 7.68. The molecule has 1 unspecified atom stereocenters. The molecule has 1 N–H and O–H groups in total. The van der Waals surface area contributed by atoms with Gasteiger partial charge in [0.2, 0.25) is 0 Å². The Kier molecular flexibility index (Phi) is 7.06. The maximum Gasteiger partial charge on any atom is 0.0594 e. The molecule has 0 aromatic heterocycles. The molecule has 96 valence electrons. The summed E-state index contributed by atoms with van der Waals surface area (Å²) in [6.07, 6.45) is 8.45. The van der Waals surface area contributed by atoms with Crippen LogP contribution in [0, 0.1) is 5.92 Å². The lowest BCUT2D eigenvalue weighted by Gasteiger charge is -2.16. The van der Waals surface area contributed by atoms with Gasteiger partial charge in [-0.05, 0) is 38.5 Å². The monoisotopic (exact) mass is 227 g/mol.